The second-order valence-electron chi connectivity index (χ2n) is 5.14. The molecule has 2 aromatic rings. The number of anilines is 1. The molecule has 0 aromatic carbocycles. The van der Waals surface area contributed by atoms with E-state index in [2.05, 4.69) is 24.3 Å². The number of fused-ring (bicyclic) bond motifs is 1. The first kappa shape index (κ1) is 13.1. The van der Waals surface area contributed by atoms with Gasteiger partial charge in [-0.15, -0.1) is 0 Å². The summed E-state index contributed by atoms with van der Waals surface area (Å²) in [4.78, 5) is 9.51. The van der Waals surface area contributed by atoms with Gasteiger partial charge in [0, 0.05) is 30.5 Å². The summed E-state index contributed by atoms with van der Waals surface area (Å²) in [5.41, 5.74) is 3.52. The van der Waals surface area contributed by atoms with Gasteiger partial charge >= 0.3 is 0 Å². The van der Waals surface area contributed by atoms with Crippen LogP contribution in [0.2, 0.25) is 0 Å². The van der Waals surface area contributed by atoms with Gasteiger partial charge in [-0.3, -0.25) is 4.68 Å². The van der Waals surface area contributed by atoms with Crippen molar-refractivity contribution in [3.05, 3.63) is 23.5 Å². The van der Waals surface area contributed by atoms with Gasteiger partial charge in [-0.1, -0.05) is 6.92 Å². The van der Waals surface area contributed by atoms with Gasteiger partial charge in [0.1, 0.15) is 11.5 Å². The molecular weight excluding hydrogens is 250 g/mol. The average molecular weight is 271 g/mol. The topological polar surface area (TPSA) is 55.6 Å². The van der Waals surface area contributed by atoms with E-state index in [1.54, 1.807) is 0 Å². The fourth-order valence-corrected chi connectivity index (χ4v) is 2.77. The summed E-state index contributed by atoms with van der Waals surface area (Å²) in [5, 5.41) is 7.75. The Hall–Kier alpha value is -1.91. The molecule has 2 aromatic heterocycles. The Morgan fingerprint density at radius 2 is 2.15 bits per heavy atom. The normalized spacial score (nSPS) is 13.5. The predicted molar refractivity (Wildman–Crippen MR) is 79.7 cm³/mol. The summed E-state index contributed by atoms with van der Waals surface area (Å²) < 4.78 is 1.99. The molecule has 5 heteroatoms. The minimum absolute atomic E-state index is 0.799. The number of nitrogens with zero attached hydrogens (tertiary/aromatic N) is 4. The van der Waals surface area contributed by atoms with Crippen molar-refractivity contribution in [3.63, 3.8) is 0 Å². The Morgan fingerprint density at radius 1 is 1.25 bits per heavy atom. The van der Waals surface area contributed by atoms with Crippen LogP contribution in [0.4, 0.5) is 5.82 Å². The molecule has 0 bridgehead atoms. The fourth-order valence-electron chi connectivity index (χ4n) is 2.77. The Kier molecular flexibility index (Phi) is 3.67. The minimum Gasteiger partial charge on any atom is -0.370 e. The van der Waals surface area contributed by atoms with Gasteiger partial charge < -0.3 is 5.32 Å². The van der Waals surface area contributed by atoms with Crippen molar-refractivity contribution in [2.24, 2.45) is 0 Å². The molecule has 0 saturated carbocycles. The van der Waals surface area contributed by atoms with Crippen molar-refractivity contribution in [1.29, 1.82) is 0 Å². The standard InChI is InChI=1S/C15H21N5/c1-3-10-20-13(8-9-17-20)15-18-12-7-5-6-11(12)14(19-15)16-4-2/h8-9H,3-7,10H2,1-2H3,(H,16,18,19). The van der Waals surface area contributed by atoms with Crippen LogP contribution in [0, 0.1) is 0 Å². The molecule has 0 amide bonds. The molecule has 0 spiro atoms. The van der Waals surface area contributed by atoms with Crippen molar-refractivity contribution in [2.75, 3.05) is 11.9 Å². The monoisotopic (exact) mass is 271 g/mol. The second kappa shape index (κ2) is 5.61. The van der Waals surface area contributed by atoms with E-state index >= 15 is 0 Å². The van der Waals surface area contributed by atoms with Gasteiger partial charge in [-0.2, -0.15) is 5.10 Å². The zero-order valence-corrected chi connectivity index (χ0v) is 12.2. The zero-order valence-electron chi connectivity index (χ0n) is 12.2. The Morgan fingerprint density at radius 3 is 2.95 bits per heavy atom. The first-order valence-corrected chi connectivity index (χ1v) is 7.49. The molecule has 0 saturated heterocycles. The summed E-state index contributed by atoms with van der Waals surface area (Å²) in [6.45, 7) is 6.04. The summed E-state index contributed by atoms with van der Waals surface area (Å²) in [6, 6.07) is 2.00. The number of aryl methyl sites for hydroxylation is 2. The second-order valence-corrected chi connectivity index (χ2v) is 5.14. The fraction of sp³-hybridized carbons (Fsp3) is 0.533. The van der Waals surface area contributed by atoms with Gasteiger partial charge in [-0.05, 0) is 38.7 Å². The maximum absolute atomic E-state index is 4.77. The minimum atomic E-state index is 0.799. The Balaban J connectivity index is 2.05. The van der Waals surface area contributed by atoms with E-state index in [0.29, 0.717) is 0 Å². The molecule has 5 nitrogen and oxygen atoms in total. The number of rotatable bonds is 5. The van der Waals surface area contributed by atoms with E-state index in [0.717, 1.165) is 49.7 Å². The maximum atomic E-state index is 4.77. The number of aromatic nitrogens is 4. The summed E-state index contributed by atoms with van der Waals surface area (Å²) >= 11 is 0. The van der Waals surface area contributed by atoms with Crippen LogP contribution in [0.15, 0.2) is 12.3 Å². The zero-order chi connectivity index (χ0) is 13.9. The molecule has 0 radical (unpaired) electrons. The Bertz CT molecular complexity index is 602. The molecule has 20 heavy (non-hydrogen) atoms. The van der Waals surface area contributed by atoms with Crippen molar-refractivity contribution in [3.8, 4) is 11.5 Å². The SMILES string of the molecule is CCCn1nccc1-c1nc2c(c(NCC)n1)CCC2. The van der Waals surface area contributed by atoms with E-state index in [4.69, 9.17) is 9.97 Å². The molecular formula is C15H21N5. The molecule has 0 unspecified atom stereocenters. The molecule has 0 aliphatic heterocycles. The van der Waals surface area contributed by atoms with E-state index < -0.39 is 0 Å². The Labute approximate surface area is 119 Å². The van der Waals surface area contributed by atoms with Crippen LogP contribution in [0.1, 0.15) is 37.9 Å². The lowest BCUT2D eigenvalue weighted by molar-refractivity contribution is 0.606. The summed E-state index contributed by atoms with van der Waals surface area (Å²) in [6.07, 6.45) is 6.21. The van der Waals surface area contributed by atoms with E-state index in [1.165, 1.54) is 17.7 Å². The van der Waals surface area contributed by atoms with Gasteiger partial charge in [0.25, 0.3) is 0 Å². The number of hydrogen-bond acceptors (Lipinski definition) is 4. The van der Waals surface area contributed by atoms with Crippen LogP contribution in [-0.2, 0) is 19.4 Å². The third-order valence-corrected chi connectivity index (χ3v) is 3.66. The van der Waals surface area contributed by atoms with Crippen molar-refractivity contribution < 1.29 is 0 Å². The third kappa shape index (κ3) is 2.28. The van der Waals surface area contributed by atoms with E-state index in [-0.39, 0.29) is 0 Å². The molecule has 1 aliphatic carbocycles. The van der Waals surface area contributed by atoms with Crippen molar-refractivity contribution >= 4 is 5.82 Å². The van der Waals surface area contributed by atoms with Gasteiger partial charge in [0.15, 0.2) is 5.82 Å². The van der Waals surface area contributed by atoms with Crippen LogP contribution < -0.4 is 5.32 Å². The number of nitrogens with one attached hydrogen (secondary N) is 1. The largest absolute Gasteiger partial charge is 0.370 e. The molecule has 2 heterocycles. The molecule has 0 fully saturated rings. The predicted octanol–water partition coefficient (Wildman–Crippen LogP) is 2.67. The lowest BCUT2D eigenvalue weighted by atomic mass is 10.2. The van der Waals surface area contributed by atoms with Gasteiger partial charge in [-0.25, -0.2) is 9.97 Å². The number of hydrogen-bond donors (Lipinski definition) is 1. The highest BCUT2D eigenvalue weighted by Crippen LogP contribution is 2.29. The molecule has 106 valence electrons. The van der Waals surface area contributed by atoms with Gasteiger partial charge in [0.2, 0.25) is 0 Å². The molecule has 0 atom stereocenters. The lowest BCUT2D eigenvalue weighted by Crippen LogP contribution is -2.09. The first-order chi connectivity index (χ1) is 9.83. The van der Waals surface area contributed by atoms with Crippen molar-refractivity contribution in [2.45, 2.75) is 46.1 Å². The van der Waals surface area contributed by atoms with E-state index in [9.17, 15) is 0 Å². The molecule has 1 aliphatic rings. The van der Waals surface area contributed by atoms with Crippen LogP contribution in [-0.4, -0.2) is 26.3 Å². The van der Waals surface area contributed by atoms with Crippen LogP contribution in [0.3, 0.4) is 0 Å². The third-order valence-electron chi connectivity index (χ3n) is 3.66. The average Bonchev–Trinajstić information content (AvgIpc) is 3.07. The van der Waals surface area contributed by atoms with Gasteiger partial charge in [0.05, 0.1) is 0 Å². The van der Waals surface area contributed by atoms with Crippen LogP contribution in [0.25, 0.3) is 11.5 Å². The summed E-state index contributed by atoms with van der Waals surface area (Å²) in [5.74, 6) is 1.81. The van der Waals surface area contributed by atoms with Crippen LogP contribution >= 0.6 is 0 Å². The van der Waals surface area contributed by atoms with E-state index in [1.807, 2.05) is 16.9 Å². The lowest BCUT2D eigenvalue weighted by Gasteiger charge is -2.11. The smallest absolute Gasteiger partial charge is 0.180 e. The molecule has 3 rings (SSSR count). The highest BCUT2D eigenvalue weighted by molar-refractivity contribution is 5.58. The first-order valence-electron chi connectivity index (χ1n) is 7.49. The quantitative estimate of drug-likeness (QED) is 0.908. The summed E-state index contributed by atoms with van der Waals surface area (Å²) in [7, 11) is 0. The molecule has 1 N–H and O–H groups in total. The maximum Gasteiger partial charge on any atom is 0.180 e. The highest BCUT2D eigenvalue weighted by Gasteiger charge is 2.20. The highest BCUT2D eigenvalue weighted by atomic mass is 15.3. The van der Waals surface area contributed by atoms with Crippen molar-refractivity contribution in [1.82, 2.24) is 19.7 Å². The van der Waals surface area contributed by atoms with Crippen LogP contribution in [0.5, 0.6) is 0 Å².